The van der Waals surface area contributed by atoms with E-state index in [0.717, 1.165) is 72.5 Å². The molecule has 15 heteroatoms. The number of amides is 4. The van der Waals surface area contributed by atoms with E-state index in [4.69, 9.17) is 42.6 Å². The first-order valence-corrected chi connectivity index (χ1v) is 18.9. The van der Waals surface area contributed by atoms with Gasteiger partial charge in [0.05, 0.1) is 39.8 Å². The fraction of sp³-hybridized carbons (Fsp3) is 0.447. The quantitative estimate of drug-likeness (QED) is 0.244. The van der Waals surface area contributed by atoms with Crippen molar-refractivity contribution in [3.05, 3.63) is 75.1 Å². The summed E-state index contributed by atoms with van der Waals surface area (Å²) in [6, 6.07) is 8.30. The van der Waals surface area contributed by atoms with Crippen molar-refractivity contribution in [1.82, 2.24) is 20.2 Å². The number of carbonyl (C=O) groups excluding carboxylic acids is 4. The molecule has 53 heavy (non-hydrogen) atoms. The number of piperidine rings is 2. The number of anilines is 2. The van der Waals surface area contributed by atoms with Crippen LogP contribution in [0.15, 0.2) is 36.7 Å². The van der Waals surface area contributed by atoms with Crippen LogP contribution < -0.4 is 19.9 Å². The van der Waals surface area contributed by atoms with Crippen molar-refractivity contribution in [2.24, 2.45) is 0 Å². The molecule has 4 aliphatic heterocycles. The molecule has 0 bridgehead atoms. The van der Waals surface area contributed by atoms with Gasteiger partial charge in [-0.2, -0.15) is 5.26 Å². The van der Waals surface area contributed by atoms with Crippen LogP contribution >= 0.6 is 23.2 Å². The van der Waals surface area contributed by atoms with Crippen LogP contribution in [0.3, 0.4) is 0 Å². The fourth-order valence-electron chi connectivity index (χ4n) is 8.13. The Morgan fingerprint density at radius 3 is 2.40 bits per heavy atom. The highest BCUT2D eigenvalue weighted by atomic mass is 35.5. The van der Waals surface area contributed by atoms with Crippen LogP contribution in [0.1, 0.15) is 87.4 Å². The molecule has 1 aromatic heterocycles. The number of nitriles is 1. The average Bonchev–Trinajstić information content (AvgIpc) is 3.40. The van der Waals surface area contributed by atoms with Gasteiger partial charge in [0.25, 0.3) is 11.8 Å². The highest BCUT2D eigenvalue weighted by Gasteiger charge is 2.45. The Hall–Kier alpha value is -4.77. The minimum Gasteiger partial charge on any atom is -0.489 e. The van der Waals surface area contributed by atoms with E-state index in [0.29, 0.717) is 41.3 Å². The molecule has 4 amide bonds. The Kier molecular flexibility index (Phi) is 9.70. The summed E-state index contributed by atoms with van der Waals surface area (Å²) in [6.45, 7) is 3.14. The van der Waals surface area contributed by atoms with E-state index in [-0.39, 0.29) is 48.7 Å². The van der Waals surface area contributed by atoms with Crippen LogP contribution in [-0.4, -0.2) is 95.4 Å². The second-order valence-electron chi connectivity index (χ2n) is 14.1. The topological polar surface area (TPSA) is 158 Å². The SMILES string of the molecule is N#Cc1cc2c(c(Cl)c1OCCCl)CCCC2c1cnc(N2CCC(OC3CN(c4ccc5c(c4)C(=O)N(C4CCC(=O)NC4=O)C5=O)C3)CC2)nc1. The molecule has 3 saturated heterocycles. The number of ether oxygens (including phenoxy) is 2. The highest BCUT2D eigenvalue weighted by Crippen LogP contribution is 2.44. The van der Waals surface area contributed by atoms with Crippen molar-refractivity contribution in [2.45, 2.75) is 69.1 Å². The number of halogens is 2. The summed E-state index contributed by atoms with van der Waals surface area (Å²) in [5.74, 6) is -0.625. The Morgan fingerprint density at radius 2 is 1.68 bits per heavy atom. The minimum atomic E-state index is -0.987. The van der Waals surface area contributed by atoms with Crippen molar-refractivity contribution >= 4 is 58.5 Å². The van der Waals surface area contributed by atoms with Gasteiger partial charge in [0, 0.05) is 56.6 Å². The maximum absolute atomic E-state index is 13.2. The maximum atomic E-state index is 13.2. The van der Waals surface area contributed by atoms with E-state index in [2.05, 4.69) is 21.2 Å². The normalized spacial score (nSPS) is 21.9. The van der Waals surface area contributed by atoms with Gasteiger partial charge in [0.15, 0.2) is 5.75 Å². The van der Waals surface area contributed by atoms with Gasteiger partial charge in [-0.15, -0.1) is 11.6 Å². The molecule has 2 unspecified atom stereocenters. The number of nitrogens with zero attached hydrogens (tertiary/aromatic N) is 6. The average molecular weight is 759 g/mol. The lowest BCUT2D eigenvalue weighted by molar-refractivity contribution is -0.136. The van der Waals surface area contributed by atoms with Crippen LogP contribution in [0.25, 0.3) is 0 Å². The van der Waals surface area contributed by atoms with Gasteiger partial charge in [-0.3, -0.25) is 29.4 Å². The lowest BCUT2D eigenvalue weighted by Gasteiger charge is -2.43. The van der Waals surface area contributed by atoms with Crippen LogP contribution in [0, 0.1) is 11.3 Å². The lowest BCUT2D eigenvalue weighted by Crippen LogP contribution is -2.54. The van der Waals surface area contributed by atoms with Crippen LogP contribution in [0.4, 0.5) is 11.6 Å². The smallest absolute Gasteiger partial charge is 0.262 e. The number of carbonyl (C=O) groups is 4. The van der Waals surface area contributed by atoms with Crippen molar-refractivity contribution in [1.29, 1.82) is 5.26 Å². The standard InChI is InChI=1S/C38H37Cl2N7O6/c39-10-13-52-34-21(16-41)14-29-26(2-1-3-27(29)33(34)40)22-17-42-38(43-18-22)45-11-8-24(9-12-45)53-25-19-46(20-25)23-4-5-28-30(15-23)37(51)47(36(28)50)31-6-7-32(48)44-35(31)49/h4-5,14-15,17-18,24-26,31H,1-3,6-13,19-20H2,(H,44,48,49). The summed E-state index contributed by atoms with van der Waals surface area (Å²) < 4.78 is 12.2. The zero-order valence-corrected chi connectivity index (χ0v) is 30.4. The lowest BCUT2D eigenvalue weighted by atomic mass is 9.79. The second-order valence-corrected chi connectivity index (χ2v) is 14.8. The van der Waals surface area contributed by atoms with Gasteiger partial charge in [-0.25, -0.2) is 9.97 Å². The van der Waals surface area contributed by atoms with Gasteiger partial charge >= 0.3 is 0 Å². The molecule has 3 aromatic rings. The Labute approximate surface area is 316 Å². The molecule has 0 spiro atoms. The van der Waals surface area contributed by atoms with Gasteiger partial charge in [-0.05, 0) is 79.5 Å². The molecule has 8 rings (SSSR count). The molecule has 0 radical (unpaired) electrons. The predicted octanol–water partition coefficient (Wildman–Crippen LogP) is 4.36. The minimum absolute atomic E-state index is 0.0352. The van der Waals surface area contributed by atoms with E-state index in [1.54, 1.807) is 12.1 Å². The van der Waals surface area contributed by atoms with Crippen LogP contribution in [0.5, 0.6) is 5.75 Å². The molecule has 1 N–H and O–H groups in total. The van der Waals surface area contributed by atoms with Crippen molar-refractivity contribution in [3.63, 3.8) is 0 Å². The monoisotopic (exact) mass is 757 g/mol. The molecule has 1 aliphatic carbocycles. The summed E-state index contributed by atoms with van der Waals surface area (Å²) in [7, 11) is 0. The first-order valence-electron chi connectivity index (χ1n) is 18.0. The molecule has 3 fully saturated rings. The maximum Gasteiger partial charge on any atom is 0.262 e. The molecule has 2 aromatic carbocycles. The summed E-state index contributed by atoms with van der Waals surface area (Å²) in [6.07, 6.45) is 8.49. The molecule has 13 nitrogen and oxygen atoms in total. The molecule has 5 aliphatic rings. The number of nitrogens with one attached hydrogen (secondary N) is 1. The van der Waals surface area contributed by atoms with E-state index in [9.17, 15) is 24.4 Å². The number of hydrogen-bond acceptors (Lipinski definition) is 11. The predicted molar refractivity (Wildman–Crippen MR) is 195 cm³/mol. The zero-order chi connectivity index (χ0) is 36.8. The third-order valence-electron chi connectivity index (χ3n) is 10.9. The van der Waals surface area contributed by atoms with Crippen molar-refractivity contribution in [3.8, 4) is 11.8 Å². The summed E-state index contributed by atoms with van der Waals surface area (Å²) in [5, 5.41) is 12.5. The third-order valence-corrected chi connectivity index (χ3v) is 11.5. The second kappa shape index (κ2) is 14.6. The van der Waals surface area contributed by atoms with Crippen molar-refractivity contribution < 1.29 is 28.7 Å². The first kappa shape index (κ1) is 35.3. The fourth-order valence-corrected chi connectivity index (χ4v) is 8.57. The van der Waals surface area contributed by atoms with E-state index in [1.807, 2.05) is 24.5 Å². The molecular formula is C38H37Cl2N7O6. The van der Waals surface area contributed by atoms with Crippen molar-refractivity contribution in [2.75, 3.05) is 48.5 Å². The number of rotatable bonds is 9. The molecule has 274 valence electrons. The van der Waals surface area contributed by atoms with Gasteiger partial charge in [0.1, 0.15) is 18.7 Å². The number of fused-ring (bicyclic) bond motifs is 2. The molecule has 0 saturated carbocycles. The van der Waals surface area contributed by atoms with Gasteiger partial charge < -0.3 is 19.3 Å². The summed E-state index contributed by atoms with van der Waals surface area (Å²) in [5.41, 5.74) is 4.78. The highest BCUT2D eigenvalue weighted by molar-refractivity contribution is 6.33. The number of alkyl halides is 1. The van der Waals surface area contributed by atoms with E-state index < -0.39 is 29.7 Å². The Bertz CT molecular complexity index is 2020. The molecule has 5 heterocycles. The number of hydrogen-bond donors (Lipinski definition) is 1. The summed E-state index contributed by atoms with van der Waals surface area (Å²) in [4.78, 5) is 65.0. The zero-order valence-electron chi connectivity index (χ0n) is 28.9. The summed E-state index contributed by atoms with van der Waals surface area (Å²) >= 11 is 12.6. The number of aromatic nitrogens is 2. The number of imide groups is 2. The van der Waals surface area contributed by atoms with Crippen LogP contribution in [-0.2, 0) is 20.7 Å². The molecule has 2 atom stereocenters. The number of benzene rings is 2. The Morgan fingerprint density at radius 1 is 0.925 bits per heavy atom. The van der Waals surface area contributed by atoms with E-state index >= 15 is 0 Å². The van der Waals surface area contributed by atoms with Gasteiger partial charge in [-0.1, -0.05) is 11.6 Å². The third kappa shape index (κ3) is 6.57. The van der Waals surface area contributed by atoms with Crippen LogP contribution in [0.2, 0.25) is 5.02 Å². The van der Waals surface area contributed by atoms with E-state index in [1.165, 1.54) is 0 Å². The Balaban J connectivity index is 0.840. The first-order chi connectivity index (χ1) is 25.7. The largest absolute Gasteiger partial charge is 0.489 e. The molecular weight excluding hydrogens is 721 g/mol. The van der Waals surface area contributed by atoms with Gasteiger partial charge in [0.2, 0.25) is 17.8 Å².